The van der Waals surface area contributed by atoms with Crippen molar-refractivity contribution in [2.75, 3.05) is 6.54 Å². The van der Waals surface area contributed by atoms with Crippen molar-refractivity contribution < 1.29 is 13.5 Å². The van der Waals surface area contributed by atoms with Crippen molar-refractivity contribution in [3.63, 3.8) is 0 Å². The number of rotatable bonds is 4. The Morgan fingerprint density at radius 2 is 1.78 bits per heavy atom. The molecule has 0 bridgehead atoms. The van der Waals surface area contributed by atoms with E-state index in [1.165, 1.54) is 6.07 Å². The summed E-state index contributed by atoms with van der Waals surface area (Å²) in [5.41, 5.74) is 1.65. The third-order valence-corrected chi connectivity index (χ3v) is 5.97. The second kappa shape index (κ2) is 5.91. The Kier molecular flexibility index (Phi) is 4.23. The molecule has 4 nitrogen and oxygen atoms in total. The van der Waals surface area contributed by atoms with E-state index in [0.29, 0.717) is 23.4 Å². The number of aliphatic hydroxyl groups is 1. The Bertz CT molecular complexity index is 824. The fraction of sp³-hybridized carbons (Fsp3) is 0.294. The van der Waals surface area contributed by atoms with Crippen molar-refractivity contribution in [1.29, 1.82) is 0 Å². The van der Waals surface area contributed by atoms with Crippen LogP contribution in [-0.2, 0) is 22.9 Å². The van der Waals surface area contributed by atoms with E-state index in [9.17, 15) is 13.5 Å². The summed E-state index contributed by atoms with van der Waals surface area (Å²) in [6, 6.07) is 12.5. The first kappa shape index (κ1) is 16.5. The van der Waals surface area contributed by atoms with Gasteiger partial charge in [-0.1, -0.05) is 41.9 Å². The maximum absolute atomic E-state index is 12.5. The highest BCUT2D eigenvalue weighted by atomic mass is 35.5. The lowest BCUT2D eigenvalue weighted by Crippen LogP contribution is -2.43. The number of fused-ring (bicyclic) bond motifs is 1. The second-order valence-corrected chi connectivity index (χ2v) is 8.25. The van der Waals surface area contributed by atoms with Gasteiger partial charge in [-0.3, -0.25) is 0 Å². The summed E-state index contributed by atoms with van der Waals surface area (Å²) in [6.07, 6.45) is 0.889. The number of hydrogen-bond donors (Lipinski definition) is 2. The van der Waals surface area contributed by atoms with Crippen molar-refractivity contribution >= 4 is 21.6 Å². The molecule has 0 saturated heterocycles. The van der Waals surface area contributed by atoms with E-state index in [-0.39, 0.29) is 11.4 Å². The molecule has 1 aliphatic carbocycles. The largest absolute Gasteiger partial charge is 0.388 e. The molecule has 0 heterocycles. The highest BCUT2D eigenvalue weighted by Gasteiger charge is 2.36. The molecule has 2 N–H and O–H groups in total. The van der Waals surface area contributed by atoms with Crippen molar-refractivity contribution in [2.45, 2.75) is 30.3 Å². The molecule has 6 heteroatoms. The molecule has 0 radical (unpaired) electrons. The number of nitrogens with one attached hydrogen (secondary N) is 1. The van der Waals surface area contributed by atoms with Crippen molar-refractivity contribution in [3.8, 4) is 0 Å². The summed E-state index contributed by atoms with van der Waals surface area (Å²) in [5, 5.41) is 11.1. The third kappa shape index (κ3) is 3.43. The fourth-order valence-corrected chi connectivity index (χ4v) is 4.59. The van der Waals surface area contributed by atoms with E-state index in [0.717, 1.165) is 11.1 Å². The molecule has 0 aliphatic heterocycles. The third-order valence-electron chi connectivity index (χ3n) is 4.19. The summed E-state index contributed by atoms with van der Waals surface area (Å²) in [4.78, 5) is 0.143. The quantitative estimate of drug-likeness (QED) is 0.889. The molecule has 0 spiro atoms. The zero-order chi connectivity index (χ0) is 16.7. The van der Waals surface area contributed by atoms with E-state index < -0.39 is 15.6 Å². The van der Waals surface area contributed by atoms with E-state index in [1.807, 2.05) is 24.3 Å². The summed E-state index contributed by atoms with van der Waals surface area (Å²) in [5.74, 6) is 0. The molecule has 0 fully saturated rings. The summed E-state index contributed by atoms with van der Waals surface area (Å²) in [6.45, 7) is 1.68. The molecular formula is C17H18ClNO3S. The fourth-order valence-electron chi connectivity index (χ4n) is 2.97. The first-order valence-corrected chi connectivity index (χ1v) is 9.20. The van der Waals surface area contributed by atoms with Crippen LogP contribution >= 0.6 is 11.6 Å². The number of sulfonamides is 1. The van der Waals surface area contributed by atoms with Crippen LogP contribution in [0.1, 0.15) is 16.7 Å². The Morgan fingerprint density at radius 1 is 1.17 bits per heavy atom. The van der Waals surface area contributed by atoms with Crippen LogP contribution in [0.3, 0.4) is 0 Å². The highest BCUT2D eigenvalue weighted by Crippen LogP contribution is 2.30. The zero-order valence-electron chi connectivity index (χ0n) is 12.7. The van der Waals surface area contributed by atoms with Crippen LogP contribution in [0.15, 0.2) is 47.4 Å². The van der Waals surface area contributed by atoms with Gasteiger partial charge in [0.25, 0.3) is 0 Å². The standard InChI is InChI=1S/C17H18ClNO3S/c1-12-6-7-15(18)8-16(12)23(21,22)19-11-17(20)9-13-4-2-3-5-14(13)10-17/h2-8,19-20H,9-11H2,1H3. The van der Waals surface area contributed by atoms with E-state index in [2.05, 4.69) is 4.72 Å². The number of aryl methyl sites for hydroxylation is 1. The van der Waals surface area contributed by atoms with Gasteiger partial charge in [-0.05, 0) is 35.7 Å². The van der Waals surface area contributed by atoms with Crippen LogP contribution in [0.25, 0.3) is 0 Å². The molecule has 0 amide bonds. The van der Waals surface area contributed by atoms with Crippen LogP contribution < -0.4 is 4.72 Å². The average molecular weight is 352 g/mol. The van der Waals surface area contributed by atoms with Crippen molar-refractivity contribution in [1.82, 2.24) is 4.72 Å². The predicted molar refractivity (Wildman–Crippen MR) is 90.2 cm³/mol. The van der Waals surface area contributed by atoms with Gasteiger partial charge in [0, 0.05) is 24.4 Å². The molecule has 122 valence electrons. The molecule has 0 aromatic heterocycles. The van der Waals surface area contributed by atoms with E-state index in [1.54, 1.807) is 19.1 Å². The van der Waals surface area contributed by atoms with Crippen LogP contribution in [0, 0.1) is 6.92 Å². The van der Waals surface area contributed by atoms with Crippen LogP contribution in [0.5, 0.6) is 0 Å². The number of hydrogen-bond acceptors (Lipinski definition) is 3. The maximum Gasteiger partial charge on any atom is 0.240 e. The monoisotopic (exact) mass is 351 g/mol. The van der Waals surface area contributed by atoms with Crippen LogP contribution in [0.2, 0.25) is 5.02 Å². The Hall–Kier alpha value is -1.40. The van der Waals surface area contributed by atoms with Gasteiger partial charge in [0.05, 0.1) is 10.5 Å². The maximum atomic E-state index is 12.5. The molecule has 0 saturated carbocycles. The smallest absolute Gasteiger partial charge is 0.240 e. The van der Waals surface area contributed by atoms with Crippen LogP contribution in [-0.4, -0.2) is 25.7 Å². The van der Waals surface area contributed by atoms with Gasteiger partial charge in [0.15, 0.2) is 0 Å². The average Bonchev–Trinajstić information content (AvgIpc) is 2.84. The van der Waals surface area contributed by atoms with Gasteiger partial charge in [-0.25, -0.2) is 13.1 Å². The Morgan fingerprint density at radius 3 is 2.39 bits per heavy atom. The molecule has 2 aromatic carbocycles. The van der Waals surface area contributed by atoms with Gasteiger partial charge in [0.1, 0.15) is 0 Å². The molecular weight excluding hydrogens is 334 g/mol. The minimum atomic E-state index is -3.72. The number of halogens is 1. The van der Waals surface area contributed by atoms with E-state index >= 15 is 0 Å². The predicted octanol–water partition coefficient (Wildman–Crippen LogP) is 2.46. The topological polar surface area (TPSA) is 66.4 Å². The van der Waals surface area contributed by atoms with Gasteiger partial charge in [0.2, 0.25) is 10.0 Å². The Balaban J connectivity index is 1.77. The summed E-state index contributed by atoms with van der Waals surface area (Å²) in [7, 11) is -3.72. The molecule has 3 rings (SSSR count). The lowest BCUT2D eigenvalue weighted by Gasteiger charge is -2.23. The summed E-state index contributed by atoms with van der Waals surface area (Å²) < 4.78 is 27.5. The van der Waals surface area contributed by atoms with Crippen molar-refractivity contribution in [2.24, 2.45) is 0 Å². The summed E-state index contributed by atoms with van der Waals surface area (Å²) >= 11 is 5.90. The molecule has 0 atom stereocenters. The van der Waals surface area contributed by atoms with Crippen molar-refractivity contribution in [3.05, 3.63) is 64.2 Å². The van der Waals surface area contributed by atoms with Gasteiger partial charge < -0.3 is 5.11 Å². The van der Waals surface area contributed by atoms with Gasteiger partial charge in [-0.2, -0.15) is 0 Å². The van der Waals surface area contributed by atoms with E-state index in [4.69, 9.17) is 11.6 Å². The lowest BCUT2D eigenvalue weighted by molar-refractivity contribution is 0.0567. The molecule has 0 unspecified atom stereocenters. The first-order valence-electron chi connectivity index (χ1n) is 7.34. The first-order chi connectivity index (χ1) is 10.8. The minimum absolute atomic E-state index is 0.0318. The van der Waals surface area contributed by atoms with Crippen LogP contribution in [0.4, 0.5) is 0 Å². The zero-order valence-corrected chi connectivity index (χ0v) is 14.3. The Labute approximate surface area is 141 Å². The molecule has 1 aliphatic rings. The second-order valence-electron chi connectivity index (χ2n) is 6.08. The van der Waals surface area contributed by atoms with Gasteiger partial charge in [-0.15, -0.1) is 0 Å². The highest BCUT2D eigenvalue weighted by molar-refractivity contribution is 7.89. The normalized spacial score (nSPS) is 16.3. The number of benzene rings is 2. The lowest BCUT2D eigenvalue weighted by atomic mass is 10.0. The minimum Gasteiger partial charge on any atom is -0.388 e. The van der Waals surface area contributed by atoms with Gasteiger partial charge >= 0.3 is 0 Å². The molecule has 2 aromatic rings. The molecule has 23 heavy (non-hydrogen) atoms. The SMILES string of the molecule is Cc1ccc(Cl)cc1S(=O)(=O)NCC1(O)Cc2ccccc2C1.